The zero-order valence-corrected chi connectivity index (χ0v) is 14.3. The van der Waals surface area contributed by atoms with Crippen molar-refractivity contribution in [1.29, 1.82) is 0 Å². The Morgan fingerprint density at radius 2 is 2.00 bits per heavy atom. The molecule has 0 radical (unpaired) electrons. The van der Waals surface area contributed by atoms with Crippen molar-refractivity contribution < 1.29 is 8.42 Å². The van der Waals surface area contributed by atoms with Gasteiger partial charge in [-0.25, -0.2) is 8.42 Å². The Balaban J connectivity index is 2.40. The molecular weight excluding hydrogens is 304 g/mol. The third-order valence-electron chi connectivity index (χ3n) is 4.39. The molecule has 1 aliphatic heterocycles. The molecule has 21 heavy (non-hydrogen) atoms. The summed E-state index contributed by atoms with van der Waals surface area (Å²) in [6, 6.07) is 5.12. The number of hydrogen-bond acceptors (Lipinski definition) is 3. The molecule has 2 rings (SSSR count). The van der Waals surface area contributed by atoms with Crippen molar-refractivity contribution in [3.63, 3.8) is 0 Å². The number of piperidine rings is 1. The molecule has 1 heterocycles. The third-order valence-corrected chi connectivity index (χ3v) is 6.63. The maximum Gasteiger partial charge on any atom is 0.243 e. The molecule has 0 bridgehead atoms. The van der Waals surface area contributed by atoms with Gasteiger partial charge >= 0.3 is 0 Å². The quantitative estimate of drug-likeness (QED) is 0.866. The molecule has 0 aromatic heterocycles. The number of nitrogens with two attached hydrogens (primary N) is 1. The zero-order chi connectivity index (χ0) is 15.8. The van der Waals surface area contributed by atoms with Crippen molar-refractivity contribution in [2.24, 2.45) is 17.6 Å². The number of sulfonamides is 1. The topological polar surface area (TPSA) is 63.4 Å². The third kappa shape index (κ3) is 3.27. The highest BCUT2D eigenvalue weighted by molar-refractivity contribution is 7.89. The zero-order valence-electron chi connectivity index (χ0n) is 12.7. The van der Waals surface area contributed by atoms with Gasteiger partial charge in [-0.3, -0.25) is 0 Å². The largest absolute Gasteiger partial charge is 0.389 e. The molecule has 0 spiro atoms. The summed E-state index contributed by atoms with van der Waals surface area (Å²) in [6.45, 7) is 7.22. The Morgan fingerprint density at radius 3 is 2.57 bits per heavy atom. The fourth-order valence-corrected chi connectivity index (χ4v) is 4.55. The summed E-state index contributed by atoms with van der Waals surface area (Å²) >= 11 is 4.95. The van der Waals surface area contributed by atoms with Gasteiger partial charge in [0.05, 0.1) is 4.90 Å². The predicted octanol–water partition coefficient (Wildman–Crippen LogP) is 2.30. The molecule has 2 unspecified atom stereocenters. The molecule has 116 valence electrons. The summed E-state index contributed by atoms with van der Waals surface area (Å²) in [5.41, 5.74) is 6.93. The second kappa shape index (κ2) is 6.02. The number of rotatable bonds is 3. The van der Waals surface area contributed by atoms with Crippen LogP contribution < -0.4 is 5.73 Å². The minimum atomic E-state index is -3.49. The summed E-state index contributed by atoms with van der Waals surface area (Å²) in [6.07, 6.45) is 0.897. The van der Waals surface area contributed by atoms with E-state index < -0.39 is 10.0 Å². The van der Waals surface area contributed by atoms with Crippen LogP contribution in [0, 0.1) is 18.8 Å². The van der Waals surface area contributed by atoms with Crippen molar-refractivity contribution in [2.45, 2.75) is 32.1 Å². The van der Waals surface area contributed by atoms with Gasteiger partial charge in [0.2, 0.25) is 10.0 Å². The normalized spacial score (nSPS) is 24.0. The first kappa shape index (κ1) is 16.4. The second-order valence-corrected chi connectivity index (χ2v) is 8.30. The standard InChI is InChI=1S/C15H22N2O2S2/c1-10-6-7-17(9-12(10)3)21(18,19)14-8-13(15(16)20)5-4-11(14)2/h4-5,8,10,12H,6-7,9H2,1-3H3,(H2,16,20). The van der Waals surface area contributed by atoms with Crippen LogP contribution >= 0.6 is 12.2 Å². The van der Waals surface area contributed by atoms with Crippen LogP contribution in [0.3, 0.4) is 0 Å². The first-order chi connectivity index (χ1) is 9.73. The SMILES string of the molecule is Cc1ccc(C(N)=S)cc1S(=O)(=O)N1CCC(C)C(C)C1. The van der Waals surface area contributed by atoms with E-state index in [0.717, 1.165) is 12.0 Å². The lowest BCUT2D eigenvalue weighted by Crippen LogP contribution is -2.42. The molecule has 0 saturated carbocycles. The number of benzene rings is 1. The van der Waals surface area contributed by atoms with E-state index in [1.807, 2.05) is 0 Å². The highest BCUT2D eigenvalue weighted by Gasteiger charge is 2.32. The molecular formula is C15H22N2O2S2. The molecule has 1 aromatic rings. The fraction of sp³-hybridized carbons (Fsp3) is 0.533. The molecule has 1 fully saturated rings. The molecule has 2 atom stereocenters. The van der Waals surface area contributed by atoms with E-state index in [4.69, 9.17) is 18.0 Å². The molecule has 1 aliphatic rings. The van der Waals surface area contributed by atoms with E-state index in [1.54, 1.807) is 29.4 Å². The van der Waals surface area contributed by atoms with E-state index in [0.29, 0.717) is 35.4 Å². The van der Waals surface area contributed by atoms with Crippen LogP contribution in [-0.4, -0.2) is 30.8 Å². The van der Waals surface area contributed by atoms with Gasteiger partial charge in [0, 0.05) is 18.7 Å². The molecule has 1 aromatic carbocycles. The molecule has 4 nitrogen and oxygen atoms in total. The van der Waals surface area contributed by atoms with Gasteiger partial charge in [-0.2, -0.15) is 4.31 Å². The van der Waals surface area contributed by atoms with E-state index in [2.05, 4.69) is 13.8 Å². The Hall–Kier alpha value is -0.980. The van der Waals surface area contributed by atoms with Crippen LogP contribution in [0.5, 0.6) is 0 Å². The highest BCUT2D eigenvalue weighted by atomic mass is 32.2. The summed E-state index contributed by atoms with van der Waals surface area (Å²) < 4.78 is 27.3. The van der Waals surface area contributed by atoms with Crippen LogP contribution in [-0.2, 0) is 10.0 Å². The monoisotopic (exact) mass is 326 g/mol. The maximum atomic E-state index is 12.9. The second-order valence-electron chi connectivity index (χ2n) is 5.95. The smallest absolute Gasteiger partial charge is 0.243 e. The first-order valence-corrected chi connectivity index (χ1v) is 8.99. The van der Waals surface area contributed by atoms with Crippen LogP contribution in [0.25, 0.3) is 0 Å². The van der Waals surface area contributed by atoms with Gasteiger partial charge < -0.3 is 5.73 Å². The van der Waals surface area contributed by atoms with Crippen molar-refractivity contribution in [1.82, 2.24) is 4.31 Å². The van der Waals surface area contributed by atoms with Crippen molar-refractivity contribution >= 4 is 27.2 Å². The van der Waals surface area contributed by atoms with Gasteiger partial charge in [-0.1, -0.05) is 38.2 Å². The molecule has 0 amide bonds. The van der Waals surface area contributed by atoms with Crippen LogP contribution in [0.2, 0.25) is 0 Å². The van der Waals surface area contributed by atoms with E-state index >= 15 is 0 Å². The van der Waals surface area contributed by atoms with E-state index in [9.17, 15) is 8.42 Å². The maximum absolute atomic E-state index is 12.9. The van der Waals surface area contributed by atoms with Crippen LogP contribution in [0.15, 0.2) is 23.1 Å². The van der Waals surface area contributed by atoms with Crippen LogP contribution in [0.4, 0.5) is 0 Å². The van der Waals surface area contributed by atoms with Gasteiger partial charge in [0.1, 0.15) is 4.99 Å². The van der Waals surface area contributed by atoms with Gasteiger partial charge in [-0.15, -0.1) is 0 Å². The number of hydrogen-bond donors (Lipinski definition) is 1. The Labute approximate surface area is 132 Å². The Kier molecular flexibility index (Phi) is 4.70. The van der Waals surface area contributed by atoms with Crippen molar-refractivity contribution in [3.05, 3.63) is 29.3 Å². The van der Waals surface area contributed by atoms with Gasteiger partial charge in [0.25, 0.3) is 0 Å². The molecule has 1 saturated heterocycles. The average molecular weight is 326 g/mol. The van der Waals surface area contributed by atoms with E-state index in [1.165, 1.54) is 0 Å². The van der Waals surface area contributed by atoms with Crippen LogP contribution in [0.1, 0.15) is 31.4 Å². The lowest BCUT2D eigenvalue weighted by molar-refractivity contribution is 0.212. The summed E-state index contributed by atoms with van der Waals surface area (Å²) in [4.78, 5) is 0.529. The number of thiocarbonyl (C=S) groups is 1. The first-order valence-electron chi connectivity index (χ1n) is 7.14. The minimum absolute atomic E-state index is 0.215. The Bertz CT molecular complexity index is 656. The van der Waals surface area contributed by atoms with Crippen molar-refractivity contribution in [3.8, 4) is 0 Å². The summed E-state index contributed by atoms with van der Waals surface area (Å²) in [5, 5.41) is 0. The summed E-state index contributed by atoms with van der Waals surface area (Å²) in [7, 11) is -3.49. The predicted molar refractivity (Wildman–Crippen MR) is 88.8 cm³/mol. The highest BCUT2D eigenvalue weighted by Crippen LogP contribution is 2.29. The molecule has 0 aliphatic carbocycles. The number of nitrogens with zero attached hydrogens (tertiary/aromatic N) is 1. The van der Waals surface area contributed by atoms with E-state index in [-0.39, 0.29) is 4.99 Å². The number of aryl methyl sites for hydroxylation is 1. The molecule has 6 heteroatoms. The fourth-order valence-electron chi connectivity index (χ4n) is 2.61. The van der Waals surface area contributed by atoms with Crippen molar-refractivity contribution in [2.75, 3.05) is 13.1 Å². The average Bonchev–Trinajstić information content (AvgIpc) is 2.41. The van der Waals surface area contributed by atoms with Gasteiger partial charge in [0.15, 0.2) is 0 Å². The summed E-state index contributed by atoms with van der Waals surface area (Å²) in [5.74, 6) is 0.924. The molecule has 2 N–H and O–H groups in total. The lowest BCUT2D eigenvalue weighted by Gasteiger charge is -2.34. The lowest BCUT2D eigenvalue weighted by atomic mass is 9.90. The minimum Gasteiger partial charge on any atom is -0.389 e. The Morgan fingerprint density at radius 1 is 1.33 bits per heavy atom. The van der Waals surface area contributed by atoms with Gasteiger partial charge in [-0.05, 0) is 36.8 Å².